The average molecular weight is 209 g/mol. The first-order valence-electron chi connectivity index (χ1n) is 5.20. The van der Waals surface area contributed by atoms with Crippen LogP contribution in [0.1, 0.15) is 5.56 Å². The van der Waals surface area contributed by atoms with Gasteiger partial charge in [0.05, 0.1) is 5.52 Å². The van der Waals surface area contributed by atoms with E-state index in [9.17, 15) is 0 Å². The first-order valence-corrected chi connectivity index (χ1v) is 5.20. The molecule has 3 nitrogen and oxygen atoms in total. The molecular formula is C13H11N3. The first kappa shape index (κ1) is 9.09. The molecule has 0 saturated heterocycles. The number of fused-ring (bicyclic) bond motifs is 1. The molecule has 78 valence electrons. The quantitative estimate of drug-likeness (QED) is 0.617. The largest absolute Gasteiger partial charge is 0.285 e. The molecule has 0 aliphatic carbocycles. The van der Waals surface area contributed by atoms with Crippen LogP contribution in [0.5, 0.6) is 0 Å². The Balaban J connectivity index is 2.33. The van der Waals surface area contributed by atoms with Gasteiger partial charge in [0.2, 0.25) is 5.95 Å². The normalized spacial score (nSPS) is 10.8. The van der Waals surface area contributed by atoms with Crippen molar-refractivity contribution in [2.24, 2.45) is 0 Å². The van der Waals surface area contributed by atoms with Crippen molar-refractivity contribution < 1.29 is 0 Å². The summed E-state index contributed by atoms with van der Waals surface area (Å²) in [5.74, 6) is 0.715. The van der Waals surface area contributed by atoms with Gasteiger partial charge in [0.25, 0.3) is 0 Å². The minimum absolute atomic E-state index is 0.715. The van der Waals surface area contributed by atoms with Gasteiger partial charge in [-0.2, -0.15) is 0 Å². The van der Waals surface area contributed by atoms with Crippen LogP contribution in [-0.2, 0) is 0 Å². The Morgan fingerprint density at radius 3 is 2.62 bits per heavy atom. The molecule has 0 amide bonds. The average Bonchev–Trinajstić information content (AvgIpc) is 2.75. The van der Waals surface area contributed by atoms with Crippen molar-refractivity contribution in [2.45, 2.75) is 6.92 Å². The van der Waals surface area contributed by atoms with Crippen LogP contribution in [0.25, 0.3) is 16.9 Å². The zero-order valence-electron chi connectivity index (χ0n) is 8.96. The van der Waals surface area contributed by atoms with E-state index in [1.807, 2.05) is 16.8 Å². The molecule has 0 atom stereocenters. The number of aryl methyl sites for hydroxylation is 1. The van der Waals surface area contributed by atoms with Crippen molar-refractivity contribution >= 4 is 10.9 Å². The summed E-state index contributed by atoms with van der Waals surface area (Å²) < 4.78 is 2.02. The monoisotopic (exact) mass is 209 g/mol. The number of nitrogens with zero attached hydrogens (tertiary/aromatic N) is 3. The van der Waals surface area contributed by atoms with E-state index in [1.165, 1.54) is 16.5 Å². The van der Waals surface area contributed by atoms with Crippen molar-refractivity contribution in [3.05, 3.63) is 54.5 Å². The first-order chi connectivity index (χ1) is 7.86. The summed E-state index contributed by atoms with van der Waals surface area (Å²) in [6, 6.07) is 10.2. The lowest BCUT2D eigenvalue weighted by atomic mass is 10.2. The van der Waals surface area contributed by atoms with E-state index >= 15 is 0 Å². The van der Waals surface area contributed by atoms with Gasteiger partial charge in [-0.05, 0) is 24.6 Å². The van der Waals surface area contributed by atoms with Crippen molar-refractivity contribution in [3.8, 4) is 5.95 Å². The Kier molecular flexibility index (Phi) is 1.96. The number of hydrogen-bond acceptors (Lipinski definition) is 2. The number of benzene rings is 1. The van der Waals surface area contributed by atoms with E-state index in [2.05, 4.69) is 41.2 Å². The molecule has 0 bridgehead atoms. The zero-order chi connectivity index (χ0) is 11.0. The van der Waals surface area contributed by atoms with Crippen molar-refractivity contribution in [1.29, 1.82) is 0 Å². The summed E-state index contributed by atoms with van der Waals surface area (Å²) in [7, 11) is 0. The van der Waals surface area contributed by atoms with Crippen LogP contribution in [0.15, 0.2) is 48.9 Å². The standard InChI is InChI=1S/C13H11N3/c1-10-4-2-5-11-6-9-16(12(10)11)13-14-7-3-8-15-13/h2-9H,1H3. The summed E-state index contributed by atoms with van der Waals surface area (Å²) in [5.41, 5.74) is 2.41. The van der Waals surface area contributed by atoms with Gasteiger partial charge in [0, 0.05) is 24.0 Å². The van der Waals surface area contributed by atoms with E-state index < -0.39 is 0 Å². The number of para-hydroxylation sites is 1. The minimum atomic E-state index is 0.715. The van der Waals surface area contributed by atoms with Crippen LogP contribution in [-0.4, -0.2) is 14.5 Å². The molecule has 0 spiro atoms. The molecule has 2 heterocycles. The maximum absolute atomic E-state index is 4.26. The third-order valence-electron chi connectivity index (χ3n) is 2.68. The van der Waals surface area contributed by atoms with E-state index in [4.69, 9.17) is 0 Å². The lowest BCUT2D eigenvalue weighted by Crippen LogP contribution is -1.98. The van der Waals surface area contributed by atoms with Gasteiger partial charge in [-0.1, -0.05) is 18.2 Å². The summed E-state index contributed by atoms with van der Waals surface area (Å²) in [4.78, 5) is 8.53. The fourth-order valence-corrected chi connectivity index (χ4v) is 1.96. The van der Waals surface area contributed by atoms with Gasteiger partial charge in [-0.25, -0.2) is 9.97 Å². The third-order valence-corrected chi connectivity index (χ3v) is 2.68. The highest BCUT2D eigenvalue weighted by atomic mass is 15.1. The van der Waals surface area contributed by atoms with Crippen molar-refractivity contribution in [2.75, 3.05) is 0 Å². The van der Waals surface area contributed by atoms with Crippen molar-refractivity contribution in [3.63, 3.8) is 0 Å². The second kappa shape index (κ2) is 3.45. The maximum Gasteiger partial charge on any atom is 0.234 e. The van der Waals surface area contributed by atoms with Gasteiger partial charge in [0.15, 0.2) is 0 Å². The second-order valence-corrected chi connectivity index (χ2v) is 3.75. The predicted octanol–water partition coefficient (Wildman–Crippen LogP) is 2.73. The van der Waals surface area contributed by atoms with Crippen LogP contribution in [0.2, 0.25) is 0 Å². The lowest BCUT2D eigenvalue weighted by Gasteiger charge is -2.04. The molecule has 1 aromatic carbocycles. The summed E-state index contributed by atoms with van der Waals surface area (Å²) >= 11 is 0. The molecule has 3 rings (SSSR count). The van der Waals surface area contributed by atoms with Gasteiger partial charge < -0.3 is 0 Å². The van der Waals surface area contributed by atoms with Crippen LogP contribution in [0.3, 0.4) is 0 Å². The van der Waals surface area contributed by atoms with E-state index in [0.29, 0.717) is 5.95 Å². The Labute approximate surface area is 93.4 Å². The Hall–Kier alpha value is -2.16. The molecule has 3 heteroatoms. The number of hydrogen-bond donors (Lipinski definition) is 0. The molecule has 0 aliphatic rings. The molecule has 0 aliphatic heterocycles. The van der Waals surface area contributed by atoms with Crippen LogP contribution >= 0.6 is 0 Å². The molecule has 0 radical (unpaired) electrons. The second-order valence-electron chi connectivity index (χ2n) is 3.75. The van der Waals surface area contributed by atoms with Gasteiger partial charge >= 0.3 is 0 Å². The van der Waals surface area contributed by atoms with E-state index in [-0.39, 0.29) is 0 Å². The fourth-order valence-electron chi connectivity index (χ4n) is 1.96. The Morgan fingerprint density at radius 2 is 1.81 bits per heavy atom. The highest BCUT2D eigenvalue weighted by Gasteiger charge is 2.06. The molecule has 2 aromatic heterocycles. The summed E-state index contributed by atoms with van der Waals surface area (Å²) in [6.45, 7) is 2.10. The third kappa shape index (κ3) is 1.29. The summed E-state index contributed by atoms with van der Waals surface area (Å²) in [6.07, 6.45) is 5.52. The van der Waals surface area contributed by atoms with Gasteiger partial charge in [-0.15, -0.1) is 0 Å². The molecule has 0 saturated carbocycles. The molecular weight excluding hydrogens is 198 g/mol. The van der Waals surface area contributed by atoms with Crippen LogP contribution in [0.4, 0.5) is 0 Å². The highest BCUT2D eigenvalue weighted by Crippen LogP contribution is 2.21. The molecule has 16 heavy (non-hydrogen) atoms. The number of aromatic nitrogens is 3. The lowest BCUT2D eigenvalue weighted by molar-refractivity contribution is 0.959. The Morgan fingerprint density at radius 1 is 1.00 bits per heavy atom. The Bertz CT molecular complexity index is 626. The van der Waals surface area contributed by atoms with Crippen LogP contribution in [0, 0.1) is 6.92 Å². The van der Waals surface area contributed by atoms with Gasteiger partial charge in [0.1, 0.15) is 0 Å². The van der Waals surface area contributed by atoms with Crippen molar-refractivity contribution in [1.82, 2.24) is 14.5 Å². The molecule has 0 unspecified atom stereocenters. The maximum atomic E-state index is 4.26. The summed E-state index contributed by atoms with van der Waals surface area (Å²) in [5, 5.41) is 1.22. The number of rotatable bonds is 1. The predicted molar refractivity (Wildman–Crippen MR) is 63.6 cm³/mol. The van der Waals surface area contributed by atoms with E-state index in [1.54, 1.807) is 12.4 Å². The SMILES string of the molecule is Cc1cccc2ccn(-c3ncccn3)c12. The topological polar surface area (TPSA) is 30.7 Å². The van der Waals surface area contributed by atoms with Crippen LogP contribution < -0.4 is 0 Å². The smallest absolute Gasteiger partial charge is 0.234 e. The zero-order valence-corrected chi connectivity index (χ0v) is 8.96. The molecule has 0 fully saturated rings. The molecule has 0 N–H and O–H groups in total. The minimum Gasteiger partial charge on any atom is -0.285 e. The molecule has 3 aromatic rings. The van der Waals surface area contributed by atoms with E-state index in [0.717, 1.165) is 0 Å². The van der Waals surface area contributed by atoms with Gasteiger partial charge in [-0.3, -0.25) is 4.57 Å². The highest BCUT2D eigenvalue weighted by molar-refractivity contribution is 5.84. The fraction of sp³-hybridized carbons (Fsp3) is 0.0769.